The number of hydrogen-bond acceptors (Lipinski definition) is 1. The summed E-state index contributed by atoms with van der Waals surface area (Å²) in [6, 6.07) is 2.41. The smallest absolute Gasteiger partial charge is 0.0315 e. The van der Waals surface area contributed by atoms with Crippen LogP contribution in [0.3, 0.4) is 0 Å². The van der Waals surface area contributed by atoms with Gasteiger partial charge in [0.15, 0.2) is 0 Å². The van der Waals surface area contributed by atoms with Gasteiger partial charge < -0.3 is 0 Å². The Morgan fingerprint density at radius 3 is 2.69 bits per heavy atom. The summed E-state index contributed by atoms with van der Waals surface area (Å²) >= 11 is 0. The molecule has 1 nitrogen and oxygen atoms in total. The van der Waals surface area contributed by atoms with Gasteiger partial charge in [-0.3, -0.25) is 4.90 Å². The van der Waals surface area contributed by atoms with E-state index in [1.54, 1.807) is 0 Å². The number of allylic oxidation sites excluding steroid dienone is 1. The minimum Gasteiger partial charge on any atom is -0.291 e. The zero-order chi connectivity index (χ0) is 11.1. The molecule has 4 atom stereocenters. The molecule has 4 unspecified atom stereocenters. The zero-order valence-corrected chi connectivity index (χ0v) is 10.7. The first-order valence-corrected chi connectivity index (χ1v) is 7.23. The van der Waals surface area contributed by atoms with Crippen molar-refractivity contribution in [1.29, 1.82) is 0 Å². The van der Waals surface area contributed by atoms with E-state index >= 15 is 0 Å². The van der Waals surface area contributed by atoms with Gasteiger partial charge in [0.05, 0.1) is 0 Å². The van der Waals surface area contributed by atoms with Gasteiger partial charge in [-0.1, -0.05) is 25.0 Å². The molecule has 1 saturated heterocycles. The minimum absolute atomic E-state index is 0.725. The highest BCUT2D eigenvalue weighted by Gasteiger charge is 2.48. The van der Waals surface area contributed by atoms with E-state index in [1.165, 1.54) is 38.5 Å². The summed E-state index contributed by atoms with van der Waals surface area (Å²) in [5.41, 5.74) is 0. The van der Waals surface area contributed by atoms with Crippen molar-refractivity contribution in [3.8, 4) is 0 Å². The second-order valence-corrected chi connectivity index (χ2v) is 6.22. The van der Waals surface area contributed by atoms with Crippen LogP contribution >= 0.6 is 0 Å². The van der Waals surface area contributed by atoms with Gasteiger partial charge >= 0.3 is 0 Å². The Morgan fingerprint density at radius 1 is 1.06 bits per heavy atom. The SMILES string of the molecule is CC(C)N1C2C=CCCC2C2CCCCC21. The molecule has 0 bridgehead atoms. The summed E-state index contributed by atoms with van der Waals surface area (Å²) in [5, 5.41) is 0. The van der Waals surface area contributed by atoms with E-state index in [0.717, 1.165) is 30.0 Å². The third-order valence-electron chi connectivity index (χ3n) is 5.09. The molecule has 2 fully saturated rings. The Balaban J connectivity index is 1.90. The molecule has 16 heavy (non-hydrogen) atoms. The van der Waals surface area contributed by atoms with Crippen LogP contribution in [0.25, 0.3) is 0 Å². The molecule has 1 aliphatic heterocycles. The average Bonchev–Trinajstić information content (AvgIpc) is 2.63. The lowest BCUT2D eigenvalue weighted by Crippen LogP contribution is -2.43. The van der Waals surface area contributed by atoms with Crippen LogP contribution < -0.4 is 0 Å². The molecule has 1 heterocycles. The lowest BCUT2D eigenvalue weighted by molar-refractivity contribution is 0.130. The molecule has 2 aliphatic carbocycles. The highest BCUT2D eigenvalue weighted by molar-refractivity contribution is 5.13. The van der Waals surface area contributed by atoms with Crippen molar-refractivity contribution in [1.82, 2.24) is 4.90 Å². The summed E-state index contributed by atoms with van der Waals surface area (Å²) in [7, 11) is 0. The quantitative estimate of drug-likeness (QED) is 0.609. The van der Waals surface area contributed by atoms with E-state index in [2.05, 4.69) is 30.9 Å². The van der Waals surface area contributed by atoms with E-state index in [9.17, 15) is 0 Å². The van der Waals surface area contributed by atoms with E-state index in [0.29, 0.717) is 0 Å². The summed E-state index contributed by atoms with van der Waals surface area (Å²) in [6.45, 7) is 4.77. The number of likely N-dealkylation sites (tertiary alicyclic amines) is 1. The molecule has 0 amide bonds. The molecular weight excluding hydrogens is 194 g/mol. The zero-order valence-electron chi connectivity index (χ0n) is 10.7. The number of hydrogen-bond donors (Lipinski definition) is 0. The maximum atomic E-state index is 2.84. The van der Waals surface area contributed by atoms with Gasteiger partial charge in [-0.25, -0.2) is 0 Å². The summed E-state index contributed by atoms with van der Waals surface area (Å²) in [5.74, 6) is 2.00. The molecule has 0 N–H and O–H groups in total. The fourth-order valence-corrected chi connectivity index (χ4v) is 4.58. The largest absolute Gasteiger partial charge is 0.291 e. The van der Waals surface area contributed by atoms with Gasteiger partial charge in [-0.2, -0.15) is 0 Å². The minimum atomic E-state index is 0.725. The lowest BCUT2D eigenvalue weighted by atomic mass is 9.75. The third-order valence-corrected chi connectivity index (χ3v) is 5.09. The first kappa shape index (κ1) is 10.8. The fraction of sp³-hybridized carbons (Fsp3) is 0.867. The molecule has 0 aromatic heterocycles. The van der Waals surface area contributed by atoms with Crippen molar-refractivity contribution >= 4 is 0 Å². The van der Waals surface area contributed by atoms with Crippen molar-refractivity contribution in [2.75, 3.05) is 0 Å². The topological polar surface area (TPSA) is 3.24 Å². The molecule has 1 saturated carbocycles. The predicted octanol–water partition coefficient (Wildman–Crippen LogP) is 3.60. The van der Waals surface area contributed by atoms with Crippen LogP contribution in [0, 0.1) is 11.8 Å². The van der Waals surface area contributed by atoms with Gasteiger partial charge in [-0.05, 0) is 51.4 Å². The van der Waals surface area contributed by atoms with Gasteiger partial charge in [-0.15, -0.1) is 0 Å². The first-order valence-electron chi connectivity index (χ1n) is 7.23. The summed E-state index contributed by atoms with van der Waals surface area (Å²) in [4.78, 5) is 2.84. The third kappa shape index (κ3) is 1.55. The molecule has 0 aromatic rings. The van der Waals surface area contributed by atoms with Crippen molar-refractivity contribution < 1.29 is 0 Å². The van der Waals surface area contributed by atoms with Gasteiger partial charge in [0.1, 0.15) is 0 Å². The summed E-state index contributed by atoms with van der Waals surface area (Å²) < 4.78 is 0. The van der Waals surface area contributed by atoms with Crippen molar-refractivity contribution in [2.45, 2.75) is 70.5 Å². The molecule has 90 valence electrons. The molecule has 1 heteroatoms. The molecular formula is C15H25N. The monoisotopic (exact) mass is 219 g/mol. The van der Waals surface area contributed by atoms with Crippen LogP contribution in [-0.2, 0) is 0 Å². The lowest BCUT2D eigenvalue weighted by Gasteiger charge is -2.36. The Bertz CT molecular complexity index is 281. The maximum absolute atomic E-state index is 2.84. The second-order valence-electron chi connectivity index (χ2n) is 6.22. The Hall–Kier alpha value is -0.300. The van der Waals surface area contributed by atoms with Crippen LogP contribution in [0.15, 0.2) is 12.2 Å². The van der Waals surface area contributed by atoms with Crippen molar-refractivity contribution in [3.63, 3.8) is 0 Å². The van der Waals surface area contributed by atoms with Crippen molar-refractivity contribution in [3.05, 3.63) is 12.2 Å². The van der Waals surface area contributed by atoms with Gasteiger partial charge in [0.2, 0.25) is 0 Å². The normalized spacial score (nSPS) is 43.4. The van der Waals surface area contributed by atoms with Crippen LogP contribution in [0.5, 0.6) is 0 Å². The summed E-state index contributed by atoms with van der Waals surface area (Å²) in [6.07, 6.45) is 13.6. The molecule has 3 rings (SSSR count). The maximum Gasteiger partial charge on any atom is 0.0315 e. The van der Waals surface area contributed by atoms with Crippen molar-refractivity contribution in [2.24, 2.45) is 11.8 Å². The second kappa shape index (κ2) is 4.18. The Morgan fingerprint density at radius 2 is 1.88 bits per heavy atom. The van der Waals surface area contributed by atoms with E-state index < -0.39 is 0 Å². The van der Waals surface area contributed by atoms with E-state index in [4.69, 9.17) is 0 Å². The standard InChI is InChI=1S/C15H25N/c1-11(2)16-14-9-5-3-7-12(14)13-8-4-6-10-15(13)16/h5,9,11-15H,3-4,6-8,10H2,1-2H3. The van der Waals surface area contributed by atoms with Crippen LogP contribution in [0.1, 0.15) is 52.4 Å². The number of fused-ring (bicyclic) bond motifs is 3. The highest BCUT2D eigenvalue weighted by Crippen LogP contribution is 2.48. The first-order chi connectivity index (χ1) is 7.79. The van der Waals surface area contributed by atoms with Crippen LogP contribution in [0.2, 0.25) is 0 Å². The van der Waals surface area contributed by atoms with Gasteiger partial charge in [0, 0.05) is 18.1 Å². The Labute approximate surface area is 99.9 Å². The number of nitrogens with zero attached hydrogens (tertiary/aromatic N) is 1. The number of rotatable bonds is 1. The van der Waals surface area contributed by atoms with E-state index in [1.807, 2.05) is 0 Å². The van der Waals surface area contributed by atoms with Crippen LogP contribution in [-0.4, -0.2) is 23.0 Å². The molecule has 0 aromatic carbocycles. The average molecular weight is 219 g/mol. The highest BCUT2D eigenvalue weighted by atomic mass is 15.2. The molecule has 0 spiro atoms. The predicted molar refractivity (Wildman–Crippen MR) is 68.4 cm³/mol. The fourth-order valence-electron chi connectivity index (χ4n) is 4.58. The van der Waals surface area contributed by atoms with Crippen LogP contribution in [0.4, 0.5) is 0 Å². The van der Waals surface area contributed by atoms with E-state index in [-0.39, 0.29) is 0 Å². The Kier molecular flexibility index (Phi) is 2.83. The molecule has 0 radical (unpaired) electrons. The molecule has 3 aliphatic rings. The van der Waals surface area contributed by atoms with Gasteiger partial charge in [0.25, 0.3) is 0 Å².